The van der Waals surface area contributed by atoms with E-state index in [2.05, 4.69) is 4.72 Å². The Balaban J connectivity index is 2.68. The molecule has 3 N–H and O–H groups in total. The first-order chi connectivity index (χ1) is 9.05. The van der Waals surface area contributed by atoms with Crippen molar-refractivity contribution in [2.75, 3.05) is 19.6 Å². The minimum absolute atomic E-state index is 0.108. The van der Waals surface area contributed by atoms with Crippen molar-refractivity contribution in [3.05, 3.63) is 0 Å². The monoisotopic (exact) mass is 291 g/mol. The lowest BCUT2D eigenvalue weighted by Crippen LogP contribution is -2.50. The van der Waals surface area contributed by atoms with Gasteiger partial charge in [0.15, 0.2) is 0 Å². The zero-order chi connectivity index (χ0) is 14.3. The molecule has 0 radical (unpaired) electrons. The molecule has 1 atom stereocenters. The molecule has 19 heavy (non-hydrogen) atoms. The van der Waals surface area contributed by atoms with E-state index >= 15 is 0 Å². The number of nitrogens with zero attached hydrogens (tertiary/aromatic N) is 1. The smallest absolute Gasteiger partial charge is 0.279 e. The fourth-order valence-corrected chi connectivity index (χ4v) is 4.48. The van der Waals surface area contributed by atoms with E-state index in [1.165, 1.54) is 12.8 Å². The molecule has 0 heterocycles. The van der Waals surface area contributed by atoms with Crippen LogP contribution < -0.4 is 10.5 Å². The number of rotatable bonds is 9. The van der Waals surface area contributed by atoms with Gasteiger partial charge >= 0.3 is 0 Å². The first-order valence-electron chi connectivity index (χ1n) is 7.52. The normalized spacial score (nSPS) is 19.2. The third kappa shape index (κ3) is 5.02. The van der Waals surface area contributed by atoms with Crippen molar-refractivity contribution < 1.29 is 8.42 Å². The van der Waals surface area contributed by atoms with Crippen molar-refractivity contribution in [1.82, 2.24) is 9.03 Å². The zero-order valence-electron chi connectivity index (χ0n) is 12.3. The standard InChI is InChI=1S/C13H29N3O2S/c1-3-9-16(10-4-2)19(17,18)15-13(11-14)12-7-5-6-8-12/h12-13,15H,3-11,14H2,1-2H3. The number of nitrogens with two attached hydrogens (primary N) is 1. The van der Waals surface area contributed by atoms with Crippen LogP contribution >= 0.6 is 0 Å². The van der Waals surface area contributed by atoms with Gasteiger partial charge in [-0.2, -0.15) is 17.4 Å². The highest BCUT2D eigenvalue weighted by Gasteiger charge is 2.30. The maximum atomic E-state index is 12.4. The Labute approximate surface area is 118 Å². The van der Waals surface area contributed by atoms with E-state index in [4.69, 9.17) is 5.73 Å². The molecule has 0 amide bonds. The summed E-state index contributed by atoms with van der Waals surface area (Å²) < 4.78 is 29.2. The van der Waals surface area contributed by atoms with Crippen molar-refractivity contribution in [3.63, 3.8) is 0 Å². The molecule has 0 aromatic carbocycles. The van der Waals surface area contributed by atoms with E-state index in [1.807, 2.05) is 13.8 Å². The molecule has 6 heteroatoms. The van der Waals surface area contributed by atoms with E-state index in [0.29, 0.717) is 25.6 Å². The molecule has 1 aliphatic rings. The lowest BCUT2D eigenvalue weighted by molar-refractivity contribution is 0.365. The van der Waals surface area contributed by atoms with Gasteiger partial charge in [0, 0.05) is 25.7 Å². The molecular weight excluding hydrogens is 262 g/mol. The Bertz CT molecular complexity index is 334. The van der Waals surface area contributed by atoms with Gasteiger partial charge in [-0.05, 0) is 31.6 Å². The van der Waals surface area contributed by atoms with Crippen molar-refractivity contribution in [2.24, 2.45) is 11.7 Å². The van der Waals surface area contributed by atoms with E-state index in [1.54, 1.807) is 4.31 Å². The summed E-state index contributed by atoms with van der Waals surface area (Å²) in [5.74, 6) is 0.407. The van der Waals surface area contributed by atoms with E-state index < -0.39 is 10.2 Å². The molecule has 0 aromatic heterocycles. The fraction of sp³-hybridized carbons (Fsp3) is 1.00. The van der Waals surface area contributed by atoms with Crippen molar-refractivity contribution in [1.29, 1.82) is 0 Å². The van der Waals surface area contributed by atoms with Crippen molar-refractivity contribution in [3.8, 4) is 0 Å². The molecule has 0 spiro atoms. The van der Waals surface area contributed by atoms with Gasteiger partial charge in [0.2, 0.25) is 0 Å². The molecule has 1 rings (SSSR count). The SMILES string of the molecule is CCCN(CCC)S(=O)(=O)NC(CN)C1CCCC1. The second-order valence-electron chi connectivity index (χ2n) is 5.41. The molecule has 1 unspecified atom stereocenters. The first kappa shape index (κ1) is 16.9. The number of hydrogen-bond acceptors (Lipinski definition) is 3. The van der Waals surface area contributed by atoms with E-state index in [9.17, 15) is 8.42 Å². The maximum Gasteiger partial charge on any atom is 0.279 e. The van der Waals surface area contributed by atoms with Gasteiger partial charge in [0.1, 0.15) is 0 Å². The summed E-state index contributed by atoms with van der Waals surface area (Å²) in [7, 11) is -3.39. The van der Waals surface area contributed by atoms with Crippen molar-refractivity contribution in [2.45, 2.75) is 58.4 Å². The van der Waals surface area contributed by atoms with Crippen molar-refractivity contribution >= 4 is 10.2 Å². The van der Waals surface area contributed by atoms with Crippen LogP contribution in [0.25, 0.3) is 0 Å². The topological polar surface area (TPSA) is 75.4 Å². The molecule has 0 saturated heterocycles. The maximum absolute atomic E-state index is 12.4. The van der Waals surface area contributed by atoms with Gasteiger partial charge in [0.05, 0.1) is 0 Å². The fourth-order valence-electron chi connectivity index (χ4n) is 2.81. The van der Waals surface area contributed by atoms with E-state index in [-0.39, 0.29) is 6.04 Å². The summed E-state index contributed by atoms with van der Waals surface area (Å²) >= 11 is 0. The highest BCUT2D eigenvalue weighted by molar-refractivity contribution is 7.87. The van der Waals surface area contributed by atoms with Crippen LogP contribution in [0.5, 0.6) is 0 Å². The van der Waals surface area contributed by atoms with Gasteiger partial charge in [0.25, 0.3) is 10.2 Å². The summed E-state index contributed by atoms with van der Waals surface area (Å²) in [4.78, 5) is 0. The van der Waals surface area contributed by atoms with Crippen LogP contribution in [0.4, 0.5) is 0 Å². The first-order valence-corrected chi connectivity index (χ1v) is 8.96. The second kappa shape index (κ2) is 8.19. The molecule has 0 aliphatic heterocycles. The summed E-state index contributed by atoms with van der Waals surface area (Å²) in [6, 6.07) is -0.108. The zero-order valence-corrected chi connectivity index (χ0v) is 13.1. The Morgan fingerprint density at radius 2 is 1.74 bits per heavy atom. The average molecular weight is 291 g/mol. The molecule has 1 saturated carbocycles. The van der Waals surface area contributed by atoms with Crippen LogP contribution in [-0.4, -0.2) is 38.4 Å². The largest absolute Gasteiger partial charge is 0.329 e. The lowest BCUT2D eigenvalue weighted by Gasteiger charge is -2.28. The van der Waals surface area contributed by atoms with Crippen LogP contribution in [-0.2, 0) is 10.2 Å². The molecule has 5 nitrogen and oxygen atoms in total. The molecular formula is C13H29N3O2S. The number of nitrogens with one attached hydrogen (secondary N) is 1. The molecule has 0 aromatic rings. The molecule has 0 bridgehead atoms. The quantitative estimate of drug-likeness (QED) is 0.675. The molecule has 1 fully saturated rings. The summed E-state index contributed by atoms with van der Waals surface area (Å²) in [6.45, 7) is 5.53. The summed E-state index contributed by atoms with van der Waals surface area (Å²) in [6.07, 6.45) is 6.22. The average Bonchev–Trinajstić information content (AvgIpc) is 2.89. The van der Waals surface area contributed by atoms with Crippen LogP contribution in [0.2, 0.25) is 0 Å². The van der Waals surface area contributed by atoms with Gasteiger partial charge in [-0.25, -0.2) is 0 Å². The van der Waals surface area contributed by atoms with Gasteiger partial charge in [-0.3, -0.25) is 0 Å². The third-order valence-electron chi connectivity index (χ3n) is 3.81. The van der Waals surface area contributed by atoms with Crippen LogP contribution in [0, 0.1) is 5.92 Å². The molecule has 114 valence electrons. The van der Waals surface area contributed by atoms with Crippen LogP contribution in [0.15, 0.2) is 0 Å². The number of hydrogen-bond donors (Lipinski definition) is 2. The minimum Gasteiger partial charge on any atom is -0.329 e. The second-order valence-corrected chi connectivity index (χ2v) is 7.11. The Hall–Kier alpha value is -0.170. The predicted molar refractivity (Wildman–Crippen MR) is 79.0 cm³/mol. The minimum atomic E-state index is -3.39. The predicted octanol–water partition coefficient (Wildman–Crippen LogP) is 1.46. The highest BCUT2D eigenvalue weighted by atomic mass is 32.2. The van der Waals surface area contributed by atoms with Gasteiger partial charge < -0.3 is 5.73 Å². The highest BCUT2D eigenvalue weighted by Crippen LogP contribution is 2.27. The van der Waals surface area contributed by atoms with Crippen LogP contribution in [0.1, 0.15) is 52.4 Å². The summed E-state index contributed by atoms with van der Waals surface area (Å²) in [5, 5.41) is 0. The van der Waals surface area contributed by atoms with E-state index in [0.717, 1.165) is 25.7 Å². The van der Waals surface area contributed by atoms with Gasteiger partial charge in [-0.1, -0.05) is 26.7 Å². The third-order valence-corrected chi connectivity index (χ3v) is 5.45. The Morgan fingerprint density at radius 3 is 2.16 bits per heavy atom. The summed E-state index contributed by atoms with van der Waals surface area (Å²) in [5.41, 5.74) is 5.76. The Morgan fingerprint density at radius 1 is 1.21 bits per heavy atom. The Kier molecular flexibility index (Phi) is 7.28. The molecule has 1 aliphatic carbocycles. The van der Waals surface area contributed by atoms with Gasteiger partial charge in [-0.15, -0.1) is 0 Å². The van der Waals surface area contributed by atoms with Crippen LogP contribution in [0.3, 0.4) is 0 Å². The lowest BCUT2D eigenvalue weighted by atomic mass is 9.99.